The van der Waals surface area contributed by atoms with Gasteiger partial charge in [-0.1, -0.05) is 37.9 Å². The zero-order valence-electron chi connectivity index (χ0n) is 9.17. The largest absolute Gasteiger partial charge is 0.311 e. The molecule has 0 spiro atoms. The fourth-order valence-corrected chi connectivity index (χ4v) is 1.94. The van der Waals surface area contributed by atoms with Crippen LogP contribution in [0.5, 0.6) is 0 Å². The van der Waals surface area contributed by atoms with Crippen molar-refractivity contribution in [2.45, 2.75) is 26.3 Å². The van der Waals surface area contributed by atoms with E-state index in [-0.39, 0.29) is 0 Å². The van der Waals surface area contributed by atoms with Gasteiger partial charge in [0.1, 0.15) is 0 Å². The lowest BCUT2D eigenvalue weighted by molar-refractivity contribution is 0.182. The van der Waals surface area contributed by atoms with Crippen molar-refractivity contribution >= 4 is 11.6 Å². The third kappa shape index (κ3) is 3.60. The van der Waals surface area contributed by atoms with Crippen LogP contribution in [0.3, 0.4) is 0 Å². The summed E-state index contributed by atoms with van der Waals surface area (Å²) in [6.07, 6.45) is 3.26. The Hall–Kier alpha value is -0.0500. The van der Waals surface area contributed by atoms with Crippen molar-refractivity contribution in [3.05, 3.63) is 11.6 Å². The fourth-order valence-electron chi connectivity index (χ4n) is 1.86. The summed E-state index contributed by atoms with van der Waals surface area (Å²) in [5.74, 6) is 0.762. The van der Waals surface area contributed by atoms with Crippen LogP contribution in [-0.2, 0) is 0 Å². The molecule has 2 unspecified atom stereocenters. The number of nitrogens with zero attached hydrogens (tertiary/aromatic N) is 1. The van der Waals surface area contributed by atoms with Crippen molar-refractivity contribution < 1.29 is 0 Å². The molecule has 3 heteroatoms. The van der Waals surface area contributed by atoms with Crippen LogP contribution in [0.1, 0.15) is 20.3 Å². The molecule has 2 atom stereocenters. The van der Waals surface area contributed by atoms with Crippen LogP contribution in [-0.4, -0.2) is 37.1 Å². The topological polar surface area (TPSA) is 15.3 Å². The zero-order chi connectivity index (χ0) is 10.4. The van der Waals surface area contributed by atoms with E-state index < -0.39 is 0 Å². The molecule has 0 amide bonds. The summed E-state index contributed by atoms with van der Waals surface area (Å²) in [5.41, 5.74) is 1.61. The first kappa shape index (κ1) is 12.0. The molecule has 1 N–H and O–H groups in total. The molecule has 0 bridgehead atoms. The monoisotopic (exact) mass is 216 g/mol. The van der Waals surface area contributed by atoms with Crippen molar-refractivity contribution in [1.29, 1.82) is 0 Å². The highest BCUT2D eigenvalue weighted by Gasteiger charge is 2.21. The van der Waals surface area contributed by atoms with Crippen LogP contribution in [0.25, 0.3) is 0 Å². The predicted octanol–water partition coefficient (Wildman–Crippen LogP) is 2.06. The number of nitrogens with one attached hydrogen (secondary N) is 1. The van der Waals surface area contributed by atoms with E-state index in [0.29, 0.717) is 6.04 Å². The lowest BCUT2D eigenvalue weighted by atomic mass is 9.97. The maximum atomic E-state index is 5.52. The summed E-state index contributed by atoms with van der Waals surface area (Å²) in [4.78, 5) is 2.45. The van der Waals surface area contributed by atoms with Gasteiger partial charge >= 0.3 is 0 Å². The summed E-state index contributed by atoms with van der Waals surface area (Å²) in [6, 6.07) is 0.650. The van der Waals surface area contributed by atoms with Gasteiger partial charge in [-0.2, -0.15) is 0 Å². The molecule has 1 rings (SSSR count). The predicted molar refractivity (Wildman–Crippen MR) is 62.7 cm³/mol. The van der Waals surface area contributed by atoms with Crippen LogP contribution < -0.4 is 5.32 Å². The van der Waals surface area contributed by atoms with Crippen LogP contribution in [0, 0.1) is 5.92 Å². The second kappa shape index (κ2) is 6.44. The highest BCUT2D eigenvalue weighted by Crippen LogP contribution is 2.11. The second-order valence-corrected chi connectivity index (χ2v) is 4.32. The molecule has 1 aliphatic rings. The van der Waals surface area contributed by atoms with Crippen molar-refractivity contribution in [3.63, 3.8) is 0 Å². The first-order valence-electron chi connectivity index (χ1n) is 5.48. The number of hydrogen-bond acceptors (Lipinski definition) is 2. The van der Waals surface area contributed by atoms with Gasteiger partial charge in [-0.25, -0.2) is 0 Å². The van der Waals surface area contributed by atoms with Gasteiger partial charge in [0, 0.05) is 37.8 Å². The van der Waals surface area contributed by atoms with Crippen molar-refractivity contribution in [1.82, 2.24) is 10.2 Å². The Morgan fingerprint density at radius 2 is 2.43 bits per heavy atom. The second-order valence-electron chi connectivity index (χ2n) is 4.07. The smallest absolute Gasteiger partial charge is 0.0221 e. The first-order valence-corrected chi connectivity index (χ1v) is 5.92. The highest BCUT2D eigenvalue weighted by molar-refractivity contribution is 6.25. The van der Waals surface area contributed by atoms with Gasteiger partial charge in [0.25, 0.3) is 0 Å². The Morgan fingerprint density at radius 3 is 3.07 bits per heavy atom. The lowest BCUT2D eigenvalue weighted by Crippen LogP contribution is -2.53. The number of hydrogen-bond donors (Lipinski definition) is 1. The summed E-state index contributed by atoms with van der Waals surface area (Å²) < 4.78 is 0. The van der Waals surface area contributed by atoms with Crippen molar-refractivity contribution in [2.24, 2.45) is 5.92 Å². The molecule has 0 radical (unpaired) electrons. The third-order valence-corrected chi connectivity index (χ3v) is 3.25. The summed E-state index contributed by atoms with van der Waals surface area (Å²) in [7, 11) is 0. The quantitative estimate of drug-likeness (QED) is 0.774. The molecule has 82 valence electrons. The minimum absolute atomic E-state index is 0.650. The Balaban J connectivity index is 2.35. The molecule has 0 aromatic carbocycles. The highest BCUT2D eigenvalue weighted by atomic mass is 35.5. The van der Waals surface area contributed by atoms with E-state index in [1.165, 1.54) is 6.42 Å². The average Bonchev–Trinajstić information content (AvgIpc) is 2.25. The molecule has 0 aromatic heterocycles. The average molecular weight is 217 g/mol. The van der Waals surface area contributed by atoms with Gasteiger partial charge in [0.15, 0.2) is 0 Å². The standard InChI is InChI=1S/C11H21ClN2/c1-3-10(2)11-9-14(7-4-5-12)8-6-13-11/h4-5,10-11,13H,3,6-9H2,1-2H3/b5-4+. The van der Waals surface area contributed by atoms with E-state index in [1.54, 1.807) is 5.54 Å². The Labute approximate surface area is 92.3 Å². The maximum absolute atomic E-state index is 5.52. The van der Waals surface area contributed by atoms with E-state index in [9.17, 15) is 0 Å². The van der Waals surface area contributed by atoms with Gasteiger partial charge in [0.05, 0.1) is 0 Å². The number of piperazine rings is 1. The van der Waals surface area contributed by atoms with Crippen molar-refractivity contribution in [3.8, 4) is 0 Å². The van der Waals surface area contributed by atoms with Gasteiger partial charge in [-0.3, -0.25) is 4.90 Å². The molecule has 0 aromatic rings. The van der Waals surface area contributed by atoms with Crippen LogP contribution in [0.15, 0.2) is 11.6 Å². The Bertz CT molecular complexity index is 182. The van der Waals surface area contributed by atoms with Gasteiger partial charge in [0.2, 0.25) is 0 Å². The molecule has 0 aliphatic carbocycles. The molecule has 0 saturated carbocycles. The van der Waals surface area contributed by atoms with Crippen LogP contribution >= 0.6 is 11.6 Å². The SMILES string of the molecule is CCC(C)C1CN(C/C=C/Cl)CCN1. The Morgan fingerprint density at radius 1 is 1.64 bits per heavy atom. The van der Waals surface area contributed by atoms with E-state index in [4.69, 9.17) is 11.6 Å². The third-order valence-electron chi connectivity index (χ3n) is 3.07. The Kier molecular flexibility index (Phi) is 5.53. The van der Waals surface area contributed by atoms with E-state index in [1.807, 2.05) is 6.08 Å². The summed E-state index contributed by atoms with van der Waals surface area (Å²) >= 11 is 5.52. The molecule has 2 nitrogen and oxygen atoms in total. The maximum Gasteiger partial charge on any atom is 0.0221 e. The minimum Gasteiger partial charge on any atom is -0.311 e. The minimum atomic E-state index is 0.650. The summed E-state index contributed by atoms with van der Waals surface area (Å²) in [5, 5.41) is 3.58. The molecule has 1 heterocycles. The number of halogens is 1. The summed E-state index contributed by atoms with van der Waals surface area (Å²) in [6.45, 7) is 8.94. The van der Waals surface area contributed by atoms with Crippen LogP contribution in [0.4, 0.5) is 0 Å². The first-order chi connectivity index (χ1) is 6.77. The fraction of sp³-hybridized carbons (Fsp3) is 0.818. The van der Waals surface area contributed by atoms with E-state index in [0.717, 1.165) is 32.1 Å². The lowest BCUT2D eigenvalue weighted by Gasteiger charge is -2.36. The normalized spacial score (nSPS) is 26.9. The zero-order valence-corrected chi connectivity index (χ0v) is 9.93. The van der Waals surface area contributed by atoms with E-state index in [2.05, 4.69) is 24.1 Å². The molecular formula is C11H21ClN2. The van der Waals surface area contributed by atoms with Crippen molar-refractivity contribution in [2.75, 3.05) is 26.2 Å². The van der Waals surface area contributed by atoms with Gasteiger partial charge in [-0.05, 0) is 5.92 Å². The molecule has 1 aliphatic heterocycles. The van der Waals surface area contributed by atoms with Crippen LogP contribution in [0.2, 0.25) is 0 Å². The molecule has 14 heavy (non-hydrogen) atoms. The molecular weight excluding hydrogens is 196 g/mol. The van der Waals surface area contributed by atoms with E-state index >= 15 is 0 Å². The number of rotatable bonds is 4. The molecule has 1 saturated heterocycles. The van der Waals surface area contributed by atoms with Gasteiger partial charge in [-0.15, -0.1) is 0 Å². The molecule has 1 fully saturated rings. The van der Waals surface area contributed by atoms with Gasteiger partial charge < -0.3 is 5.32 Å².